The van der Waals surface area contributed by atoms with Gasteiger partial charge in [-0.05, 0) is 48.2 Å². The number of carboxylic acids is 1. The highest BCUT2D eigenvalue weighted by Gasteiger charge is 2.21. The van der Waals surface area contributed by atoms with Gasteiger partial charge in [0.1, 0.15) is 11.4 Å². The molecular weight excluding hydrogens is 522 g/mol. The van der Waals surface area contributed by atoms with Gasteiger partial charge in [0.2, 0.25) is 11.4 Å². The Bertz CT molecular complexity index is 1710. The number of anilines is 2. The molecule has 2 aromatic carbocycles. The van der Waals surface area contributed by atoms with Crippen LogP contribution in [0.3, 0.4) is 0 Å². The smallest absolute Gasteiger partial charge is 0.341 e. The van der Waals surface area contributed by atoms with E-state index in [0.29, 0.717) is 29.1 Å². The third-order valence-corrected chi connectivity index (χ3v) is 7.59. The minimum atomic E-state index is -1.21. The van der Waals surface area contributed by atoms with Gasteiger partial charge in [0.15, 0.2) is 11.5 Å². The molecule has 4 aromatic rings. The molecular formula is C31H33N5O5. The lowest BCUT2D eigenvalue weighted by Gasteiger charge is -2.26. The predicted molar refractivity (Wildman–Crippen MR) is 159 cm³/mol. The summed E-state index contributed by atoms with van der Waals surface area (Å²) in [5, 5.41) is 10.1. The number of nitrogen functional groups attached to an aromatic ring is 2. The van der Waals surface area contributed by atoms with E-state index in [2.05, 4.69) is 9.97 Å². The molecule has 0 amide bonds. The Morgan fingerprint density at radius 1 is 1.10 bits per heavy atom. The molecule has 2 aromatic heterocycles. The Balaban J connectivity index is 1.56. The molecule has 1 aliphatic rings. The van der Waals surface area contributed by atoms with Crippen molar-refractivity contribution in [2.45, 2.75) is 44.6 Å². The Labute approximate surface area is 237 Å². The SMILES string of the molecule is COc1cc(Cc2cnc(N)nc2N)cc(/C=C/c2ccc3c(=O)c(C(=O)O)cn(C4CCCCC4)c3c2)c1OC. The number of nitrogens with two attached hydrogens (primary N) is 2. The van der Waals surface area contributed by atoms with E-state index in [-0.39, 0.29) is 17.6 Å². The van der Waals surface area contributed by atoms with Crippen LogP contribution in [0.5, 0.6) is 11.5 Å². The van der Waals surface area contributed by atoms with E-state index in [4.69, 9.17) is 20.9 Å². The van der Waals surface area contributed by atoms with E-state index in [1.807, 2.05) is 41.0 Å². The minimum Gasteiger partial charge on any atom is -0.493 e. The Morgan fingerprint density at radius 3 is 2.56 bits per heavy atom. The Hall–Kier alpha value is -4.86. The van der Waals surface area contributed by atoms with Crippen molar-refractivity contribution in [2.24, 2.45) is 0 Å². The fourth-order valence-electron chi connectivity index (χ4n) is 5.54. The van der Waals surface area contributed by atoms with Crippen LogP contribution in [0.4, 0.5) is 11.8 Å². The van der Waals surface area contributed by atoms with E-state index in [1.54, 1.807) is 26.5 Å². The summed E-state index contributed by atoms with van der Waals surface area (Å²) in [6, 6.07) is 9.47. The molecule has 0 radical (unpaired) electrons. The summed E-state index contributed by atoms with van der Waals surface area (Å²) in [4.78, 5) is 33.0. The van der Waals surface area contributed by atoms with Gasteiger partial charge in [-0.25, -0.2) is 9.78 Å². The van der Waals surface area contributed by atoms with Crippen molar-refractivity contribution >= 4 is 40.8 Å². The van der Waals surface area contributed by atoms with Crippen LogP contribution in [0.1, 0.15) is 70.8 Å². The standard InChI is InChI=1S/C31H33N5O5/c1-40-26-15-19(13-21-16-34-31(33)35-29(21)32)12-20(28(26)41-2)10-8-18-9-11-23-25(14-18)36(22-6-4-3-5-7-22)17-24(27(23)37)30(38)39/h8-12,14-17,22H,3-7,13H2,1-2H3,(H,38,39)(H4,32,33,34,35)/b10-8+. The summed E-state index contributed by atoms with van der Waals surface area (Å²) in [6.07, 6.45) is 12.7. The summed E-state index contributed by atoms with van der Waals surface area (Å²) in [6.45, 7) is 0. The second kappa shape index (κ2) is 11.7. The monoisotopic (exact) mass is 555 g/mol. The van der Waals surface area contributed by atoms with E-state index in [0.717, 1.165) is 59.9 Å². The van der Waals surface area contributed by atoms with E-state index in [9.17, 15) is 14.7 Å². The van der Waals surface area contributed by atoms with Gasteiger partial charge in [0.05, 0.1) is 19.7 Å². The Morgan fingerprint density at radius 2 is 1.88 bits per heavy atom. The van der Waals surface area contributed by atoms with Crippen LogP contribution < -0.4 is 26.4 Å². The van der Waals surface area contributed by atoms with Crippen LogP contribution in [0.25, 0.3) is 23.1 Å². The molecule has 2 heterocycles. The summed E-state index contributed by atoms with van der Waals surface area (Å²) in [5.41, 5.74) is 15.0. The van der Waals surface area contributed by atoms with Crippen molar-refractivity contribution in [3.05, 3.63) is 80.8 Å². The summed E-state index contributed by atoms with van der Waals surface area (Å²) >= 11 is 0. The van der Waals surface area contributed by atoms with Crippen LogP contribution in [-0.4, -0.2) is 39.8 Å². The molecule has 5 rings (SSSR count). The number of aromatic nitrogens is 3. The van der Waals surface area contributed by atoms with Gasteiger partial charge in [0, 0.05) is 41.4 Å². The van der Waals surface area contributed by atoms with Crippen LogP contribution >= 0.6 is 0 Å². The summed E-state index contributed by atoms with van der Waals surface area (Å²) in [7, 11) is 3.16. The first-order chi connectivity index (χ1) is 19.8. The number of pyridine rings is 1. The topological polar surface area (TPSA) is 156 Å². The number of benzene rings is 2. The van der Waals surface area contributed by atoms with Gasteiger partial charge >= 0.3 is 5.97 Å². The average Bonchev–Trinajstić information content (AvgIpc) is 2.97. The second-order valence-electron chi connectivity index (χ2n) is 10.2. The highest BCUT2D eigenvalue weighted by Crippen LogP contribution is 2.35. The predicted octanol–water partition coefficient (Wildman–Crippen LogP) is 4.94. The zero-order valence-corrected chi connectivity index (χ0v) is 23.1. The highest BCUT2D eigenvalue weighted by atomic mass is 16.5. The van der Waals surface area contributed by atoms with E-state index < -0.39 is 11.4 Å². The van der Waals surface area contributed by atoms with Crippen molar-refractivity contribution in [2.75, 3.05) is 25.7 Å². The molecule has 1 aliphatic carbocycles. The number of carboxylic acid groups (broad SMARTS) is 1. The fraction of sp³-hybridized carbons (Fsp3) is 0.290. The molecule has 1 saturated carbocycles. The molecule has 0 aliphatic heterocycles. The van der Waals surface area contributed by atoms with Crippen LogP contribution in [0.2, 0.25) is 0 Å². The number of carbonyl (C=O) groups is 1. The molecule has 41 heavy (non-hydrogen) atoms. The maximum atomic E-state index is 13.0. The average molecular weight is 556 g/mol. The molecule has 5 N–H and O–H groups in total. The van der Waals surface area contributed by atoms with Gasteiger partial charge < -0.3 is 30.6 Å². The van der Waals surface area contributed by atoms with E-state index in [1.165, 1.54) is 6.20 Å². The first-order valence-electron chi connectivity index (χ1n) is 13.5. The van der Waals surface area contributed by atoms with Crippen molar-refractivity contribution < 1.29 is 19.4 Å². The van der Waals surface area contributed by atoms with Crippen molar-refractivity contribution in [3.8, 4) is 11.5 Å². The molecule has 0 unspecified atom stereocenters. The van der Waals surface area contributed by atoms with Gasteiger partial charge in [-0.1, -0.05) is 37.5 Å². The maximum absolute atomic E-state index is 13.0. The normalized spacial score (nSPS) is 14.0. The third-order valence-electron chi connectivity index (χ3n) is 7.59. The molecule has 0 bridgehead atoms. The van der Waals surface area contributed by atoms with Crippen molar-refractivity contribution in [1.29, 1.82) is 0 Å². The van der Waals surface area contributed by atoms with Crippen LogP contribution in [0, 0.1) is 0 Å². The lowest BCUT2D eigenvalue weighted by molar-refractivity contribution is 0.0694. The maximum Gasteiger partial charge on any atom is 0.341 e. The molecule has 0 atom stereocenters. The largest absolute Gasteiger partial charge is 0.493 e. The number of hydrogen-bond donors (Lipinski definition) is 3. The molecule has 0 spiro atoms. The fourth-order valence-corrected chi connectivity index (χ4v) is 5.54. The third kappa shape index (κ3) is 5.72. The number of ether oxygens (including phenoxy) is 2. The second-order valence-corrected chi connectivity index (χ2v) is 10.2. The van der Waals surface area contributed by atoms with Crippen molar-refractivity contribution in [3.63, 3.8) is 0 Å². The number of hydrogen-bond acceptors (Lipinski definition) is 8. The van der Waals surface area contributed by atoms with Gasteiger partial charge in [-0.2, -0.15) is 4.98 Å². The minimum absolute atomic E-state index is 0.116. The van der Waals surface area contributed by atoms with Gasteiger partial charge in [-0.3, -0.25) is 4.79 Å². The van der Waals surface area contributed by atoms with Crippen LogP contribution in [-0.2, 0) is 6.42 Å². The number of fused-ring (bicyclic) bond motifs is 1. The molecule has 0 saturated heterocycles. The lowest BCUT2D eigenvalue weighted by Crippen LogP contribution is -2.22. The zero-order chi connectivity index (χ0) is 29.1. The van der Waals surface area contributed by atoms with Crippen molar-refractivity contribution in [1.82, 2.24) is 14.5 Å². The summed E-state index contributed by atoms with van der Waals surface area (Å²) in [5.74, 6) is 0.352. The lowest BCUT2D eigenvalue weighted by atomic mass is 9.94. The summed E-state index contributed by atoms with van der Waals surface area (Å²) < 4.78 is 13.3. The number of nitrogens with zero attached hydrogens (tertiary/aromatic N) is 3. The first kappa shape index (κ1) is 27.7. The Kier molecular flexibility index (Phi) is 7.91. The molecule has 212 valence electrons. The molecule has 10 nitrogen and oxygen atoms in total. The van der Waals surface area contributed by atoms with Gasteiger partial charge in [-0.15, -0.1) is 0 Å². The zero-order valence-electron chi connectivity index (χ0n) is 23.1. The molecule has 1 fully saturated rings. The first-order valence-corrected chi connectivity index (χ1v) is 13.5. The number of rotatable bonds is 8. The number of methoxy groups -OCH3 is 2. The quantitative estimate of drug-likeness (QED) is 0.256. The molecule has 10 heteroatoms. The van der Waals surface area contributed by atoms with Gasteiger partial charge in [0.25, 0.3) is 0 Å². The van der Waals surface area contributed by atoms with Crippen LogP contribution in [0.15, 0.2) is 47.5 Å². The van der Waals surface area contributed by atoms with E-state index >= 15 is 0 Å². The number of aromatic carboxylic acids is 1. The highest BCUT2D eigenvalue weighted by molar-refractivity contribution is 5.93.